The number of carbonyl (C=O) groups excluding carboxylic acids is 1. The van der Waals surface area contributed by atoms with Crippen molar-refractivity contribution in [2.75, 3.05) is 5.32 Å². The number of H-pyrrole nitrogens is 1. The van der Waals surface area contributed by atoms with Gasteiger partial charge in [0.2, 0.25) is 0 Å². The molecule has 19 heavy (non-hydrogen) atoms. The molecule has 1 aromatic carbocycles. The van der Waals surface area contributed by atoms with E-state index in [4.69, 9.17) is 11.6 Å². The molecule has 0 radical (unpaired) electrons. The molecule has 0 aliphatic heterocycles. The number of nitrogens with zero attached hydrogens (tertiary/aromatic N) is 3. The van der Waals surface area contributed by atoms with Crippen molar-refractivity contribution in [1.82, 2.24) is 20.2 Å². The topological polar surface area (TPSA) is 83.6 Å². The van der Waals surface area contributed by atoms with Gasteiger partial charge >= 0.3 is 0 Å². The van der Waals surface area contributed by atoms with Crippen molar-refractivity contribution in [3.63, 3.8) is 0 Å². The van der Waals surface area contributed by atoms with Crippen molar-refractivity contribution in [3.05, 3.63) is 47.6 Å². The molecule has 94 valence electrons. The van der Waals surface area contributed by atoms with E-state index < -0.39 is 0 Å². The van der Waals surface area contributed by atoms with E-state index in [1.54, 1.807) is 12.3 Å². The number of aromatic amines is 1. The molecule has 0 bridgehead atoms. The highest BCUT2D eigenvalue weighted by molar-refractivity contribution is 6.29. The Balaban J connectivity index is 1.86. The number of rotatable bonds is 2. The molecule has 0 saturated heterocycles. The number of aromatic nitrogens is 4. The van der Waals surface area contributed by atoms with Crippen LogP contribution in [0.15, 0.2) is 36.8 Å². The van der Waals surface area contributed by atoms with Crippen LogP contribution in [0.5, 0.6) is 0 Å². The van der Waals surface area contributed by atoms with Crippen LogP contribution >= 0.6 is 11.6 Å². The van der Waals surface area contributed by atoms with Gasteiger partial charge in [-0.15, -0.1) is 0 Å². The van der Waals surface area contributed by atoms with Gasteiger partial charge in [-0.25, -0.2) is 4.98 Å². The third-order valence-corrected chi connectivity index (χ3v) is 2.72. The summed E-state index contributed by atoms with van der Waals surface area (Å²) in [6.45, 7) is 0. The minimum absolute atomic E-state index is 0.166. The Morgan fingerprint density at radius 3 is 3.00 bits per heavy atom. The Bertz CT molecular complexity index is 754. The fourth-order valence-electron chi connectivity index (χ4n) is 1.67. The lowest BCUT2D eigenvalue weighted by Gasteiger charge is -2.04. The molecule has 7 heteroatoms. The SMILES string of the molecule is O=C(Nc1ccc2[nH]ncc2c1)c1cncc(Cl)n1. The zero-order chi connectivity index (χ0) is 13.2. The molecule has 2 aromatic heterocycles. The van der Waals surface area contributed by atoms with E-state index in [-0.39, 0.29) is 16.8 Å². The first-order chi connectivity index (χ1) is 9.22. The van der Waals surface area contributed by atoms with Crippen LogP contribution < -0.4 is 5.32 Å². The molecule has 1 amide bonds. The van der Waals surface area contributed by atoms with E-state index in [2.05, 4.69) is 25.5 Å². The summed E-state index contributed by atoms with van der Waals surface area (Å²) in [7, 11) is 0. The largest absolute Gasteiger partial charge is 0.321 e. The van der Waals surface area contributed by atoms with E-state index in [1.165, 1.54) is 12.4 Å². The molecule has 3 aromatic rings. The smallest absolute Gasteiger partial charge is 0.275 e. The molecule has 0 aliphatic rings. The number of fused-ring (bicyclic) bond motifs is 1. The summed E-state index contributed by atoms with van der Waals surface area (Å²) in [6, 6.07) is 5.42. The summed E-state index contributed by atoms with van der Waals surface area (Å²) in [5.41, 5.74) is 1.72. The summed E-state index contributed by atoms with van der Waals surface area (Å²) in [5, 5.41) is 10.6. The molecule has 0 aliphatic carbocycles. The van der Waals surface area contributed by atoms with Gasteiger partial charge < -0.3 is 5.32 Å². The number of hydrogen-bond acceptors (Lipinski definition) is 4. The van der Waals surface area contributed by atoms with Crippen LogP contribution in [0.25, 0.3) is 10.9 Å². The van der Waals surface area contributed by atoms with Gasteiger partial charge in [-0.3, -0.25) is 14.9 Å². The predicted octanol–water partition coefficient (Wildman–Crippen LogP) is 2.26. The van der Waals surface area contributed by atoms with Crippen molar-refractivity contribution in [2.45, 2.75) is 0 Å². The molecule has 0 atom stereocenters. The average Bonchev–Trinajstić information content (AvgIpc) is 2.86. The van der Waals surface area contributed by atoms with Gasteiger partial charge in [0.1, 0.15) is 10.8 Å². The second-order valence-electron chi connectivity index (χ2n) is 3.85. The summed E-state index contributed by atoms with van der Waals surface area (Å²) in [5.74, 6) is -0.363. The van der Waals surface area contributed by atoms with Gasteiger partial charge in [-0.2, -0.15) is 5.10 Å². The Morgan fingerprint density at radius 2 is 2.16 bits per heavy atom. The molecule has 2 heterocycles. The highest BCUT2D eigenvalue weighted by Crippen LogP contribution is 2.17. The number of amides is 1. The normalized spacial score (nSPS) is 10.6. The average molecular weight is 274 g/mol. The lowest BCUT2D eigenvalue weighted by atomic mass is 10.2. The van der Waals surface area contributed by atoms with Gasteiger partial charge in [0.25, 0.3) is 5.91 Å². The van der Waals surface area contributed by atoms with Crippen LogP contribution in [0.3, 0.4) is 0 Å². The number of hydrogen-bond donors (Lipinski definition) is 2. The highest BCUT2D eigenvalue weighted by Gasteiger charge is 2.09. The van der Waals surface area contributed by atoms with Crippen LogP contribution in [-0.2, 0) is 0 Å². The van der Waals surface area contributed by atoms with Gasteiger partial charge in [0.15, 0.2) is 0 Å². The second-order valence-corrected chi connectivity index (χ2v) is 4.24. The summed E-state index contributed by atoms with van der Waals surface area (Å²) >= 11 is 5.69. The predicted molar refractivity (Wildman–Crippen MR) is 71.1 cm³/mol. The monoisotopic (exact) mass is 273 g/mol. The first-order valence-electron chi connectivity index (χ1n) is 5.44. The fraction of sp³-hybridized carbons (Fsp3) is 0. The maximum absolute atomic E-state index is 11.9. The highest BCUT2D eigenvalue weighted by atomic mass is 35.5. The van der Waals surface area contributed by atoms with E-state index >= 15 is 0 Å². The number of carbonyl (C=O) groups is 1. The fourth-order valence-corrected chi connectivity index (χ4v) is 1.81. The minimum Gasteiger partial charge on any atom is -0.321 e. The maximum atomic E-state index is 11.9. The van der Waals surface area contributed by atoms with Gasteiger partial charge in [0.05, 0.1) is 24.1 Å². The van der Waals surface area contributed by atoms with Crippen molar-refractivity contribution in [2.24, 2.45) is 0 Å². The van der Waals surface area contributed by atoms with Crippen LogP contribution in [0, 0.1) is 0 Å². The molecule has 2 N–H and O–H groups in total. The van der Waals surface area contributed by atoms with E-state index in [0.717, 1.165) is 10.9 Å². The van der Waals surface area contributed by atoms with Crippen LogP contribution in [0.4, 0.5) is 5.69 Å². The molecule has 3 rings (SSSR count). The van der Waals surface area contributed by atoms with Gasteiger partial charge in [-0.1, -0.05) is 11.6 Å². The first kappa shape index (κ1) is 11.6. The van der Waals surface area contributed by atoms with Crippen LogP contribution in [-0.4, -0.2) is 26.1 Å². The van der Waals surface area contributed by atoms with E-state index in [1.807, 2.05) is 12.1 Å². The van der Waals surface area contributed by atoms with E-state index in [9.17, 15) is 4.79 Å². The summed E-state index contributed by atoms with van der Waals surface area (Å²) < 4.78 is 0. The molecule has 0 unspecified atom stereocenters. The Morgan fingerprint density at radius 1 is 1.26 bits per heavy atom. The van der Waals surface area contributed by atoms with Crippen LogP contribution in [0.2, 0.25) is 5.15 Å². The molecular weight excluding hydrogens is 266 g/mol. The summed E-state index contributed by atoms with van der Waals surface area (Å²) in [6.07, 6.45) is 4.41. The van der Waals surface area contributed by atoms with Crippen molar-refractivity contribution >= 4 is 34.1 Å². The molecule has 6 nitrogen and oxygen atoms in total. The second kappa shape index (κ2) is 4.66. The van der Waals surface area contributed by atoms with Crippen LogP contribution in [0.1, 0.15) is 10.5 Å². The zero-order valence-electron chi connectivity index (χ0n) is 9.59. The van der Waals surface area contributed by atoms with Gasteiger partial charge in [-0.05, 0) is 18.2 Å². The molecule has 0 spiro atoms. The Hall–Kier alpha value is -2.47. The number of halogens is 1. The quantitative estimate of drug-likeness (QED) is 0.750. The lowest BCUT2D eigenvalue weighted by molar-refractivity contribution is 0.102. The lowest BCUT2D eigenvalue weighted by Crippen LogP contribution is -2.13. The minimum atomic E-state index is -0.363. The molecular formula is C12H8ClN5O. The maximum Gasteiger partial charge on any atom is 0.275 e. The standard InChI is InChI=1S/C12H8ClN5O/c13-11-6-14-5-10(17-11)12(19)16-8-1-2-9-7(3-8)4-15-18-9/h1-6H,(H,15,18)(H,16,19). The van der Waals surface area contributed by atoms with Gasteiger partial charge in [0, 0.05) is 11.1 Å². The zero-order valence-corrected chi connectivity index (χ0v) is 10.3. The third-order valence-electron chi connectivity index (χ3n) is 2.54. The number of nitrogens with one attached hydrogen (secondary N) is 2. The van der Waals surface area contributed by atoms with Crippen molar-refractivity contribution in [1.29, 1.82) is 0 Å². The Kier molecular flexibility index (Phi) is 2.85. The number of anilines is 1. The molecule has 0 saturated carbocycles. The van der Waals surface area contributed by atoms with Crippen molar-refractivity contribution < 1.29 is 4.79 Å². The third kappa shape index (κ3) is 2.38. The Labute approximate surface area is 112 Å². The van der Waals surface area contributed by atoms with E-state index in [0.29, 0.717) is 5.69 Å². The summed E-state index contributed by atoms with van der Waals surface area (Å²) in [4.78, 5) is 19.7. The number of benzene rings is 1. The molecule has 0 fully saturated rings. The first-order valence-corrected chi connectivity index (χ1v) is 5.82. The van der Waals surface area contributed by atoms with Crippen molar-refractivity contribution in [3.8, 4) is 0 Å².